The van der Waals surface area contributed by atoms with Gasteiger partial charge in [0.15, 0.2) is 4.34 Å². The number of nitrogens with one attached hydrogen (secondary N) is 1. The third-order valence-corrected chi connectivity index (χ3v) is 6.67. The maximum atomic E-state index is 12.9. The maximum absolute atomic E-state index is 12.9. The van der Waals surface area contributed by atoms with Crippen LogP contribution in [0.1, 0.15) is 37.0 Å². The van der Waals surface area contributed by atoms with E-state index in [1.54, 1.807) is 35.2 Å². The van der Waals surface area contributed by atoms with Crippen molar-refractivity contribution in [2.45, 2.75) is 42.8 Å². The highest BCUT2D eigenvalue weighted by atomic mass is 32.2. The molecule has 1 aromatic carbocycles. The Balaban J connectivity index is 1.51. The fourth-order valence-corrected chi connectivity index (χ4v) is 4.63. The van der Waals surface area contributed by atoms with E-state index in [9.17, 15) is 4.39 Å². The lowest BCUT2D eigenvalue weighted by Crippen LogP contribution is -2.10. The van der Waals surface area contributed by atoms with Gasteiger partial charge in [-0.05, 0) is 17.7 Å². The van der Waals surface area contributed by atoms with Crippen molar-refractivity contribution in [1.82, 2.24) is 15.2 Å². The van der Waals surface area contributed by atoms with Crippen LogP contribution in [0.3, 0.4) is 0 Å². The maximum Gasteiger partial charge on any atom is 0.206 e. The van der Waals surface area contributed by atoms with Gasteiger partial charge in [0, 0.05) is 23.1 Å². The fourth-order valence-electron chi connectivity index (χ4n) is 1.97. The Kier molecular flexibility index (Phi) is 5.71. The van der Waals surface area contributed by atoms with Crippen molar-refractivity contribution < 1.29 is 4.39 Å². The molecule has 25 heavy (non-hydrogen) atoms. The number of anilines is 1. The van der Waals surface area contributed by atoms with Crippen molar-refractivity contribution in [1.29, 1.82) is 0 Å². The summed E-state index contributed by atoms with van der Waals surface area (Å²) in [6.45, 7) is 7.12. The Labute approximate surface area is 158 Å². The minimum absolute atomic E-state index is 0.0910. The van der Waals surface area contributed by atoms with Crippen molar-refractivity contribution in [2.24, 2.45) is 0 Å². The molecule has 0 amide bonds. The summed E-state index contributed by atoms with van der Waals surface area (Å²) in [6, 6.07) is 6.43. The van der Waals surface area contributed by atoms with Gasteiger partial charge in [-0.15, -0.1) is 21.5 Å². The molecule has 0 radical (unpaired) electrons. The van der Waals surface area contributed by atoms with Crippen LogP contribution in [0.15, 0.2) is 34.0 Å². The molecule has 1 N–H and O–H groups in total. The molecule has 132 valence electrons. The minimum Gasteiger partial charge on any atom is -0.356 e. The number of halogens is 1. The van der Waals surface area contributed by atoms with Gasteiger partial charge < -0.3 is 5.32 Å². The van der Waals surface area contributed by atoms with E-state index in [-0.39, 0.29) is 11.2 Å². The summed E-state index contributed by atoms with van der Waals surface area (Å²) >= 11 is 4.87. The molecule has 0 atom stereocenters. The summed E-state index contributed by atoms with van der Waals surface area (Å²) < 4.78 is 13.8. The SMILES string of the molecule is CC(C)(C)c1nc(CSc2nnc(NCc3ccc(F)cc3)s2)cs1. The normalized spacial score (nSPS) is 11.7. The third kappa shape index (κ3) is 5.23. The van der Waals surface area contributed by atoms with Crippen LogP contribution >= 0.6 is 34.4 Å². The summed E-state index contributed by atoms with van der Waals surface area (Å²) in [5.74, 6) is 0.564. The van der Waals surface area contributed by atoms with Gasteiger partial charge in [-0.3, -0.25) is 0 Å². The summed E-state index contributed by atoms with van der Waals surface area (Å²) in [4.78, 5) is 4.69. The Morgan fingerprint density at radius 1 is 1.16 bits per heavy atom. The molecule has 0 spiro atoms. The van der Waals surface area contributed by atoms with E-state index in [1.807, 2.05) is 0 Å². The van der Waals surface area contributed by atoms with Crippen molar-refractivity contribution in [3.05, 3.63) is 51.7 Å². The summed E-state index contributed by atoms with van der Waals surface area (Å²) in [6.07, 6.45) is 0. The molecule has 0 aliphatic heterocycles. The molecule has 0 aliphatic rings. The molecule has 3 rings (SSSR count). The van der Waals surface area contributed by atoms with Gasteiger partial charge in [-0.1, -0.05) is 56.0 Å². The largest absolute Gasteiger partial charge is 0.356 e. The lowest BCUT2D eigenvalue weighted by molar-refractivity contribution is 0.584. The molecule has 0 saturated heterocycles. The van der Waals surface area contributed by atoms with Crippen LogP contribution in [0.5, 0.6) is 0 Å². The lowest BCUT2D eigenvalue weighted by Gasteiger charge is -2.13. The smallest absolute Gasteiger partial charge is 0.206 e. The monoisotopic (exact) mass is 394 g/mol. The molecule has 4 nitrogen and oxygen atoms in total. The Morgan fingerprint density at radius 2 is 1.92 bits per heavy atom. The zero-order valence-electron chi connectivity index (χ0n) is 14.2. The zero-order chi connectivity index (χ0) is 17.9. The first-order valence-corrected chi connectivity index (χ1v) is 10.5. The van der Waals surface area contributed by atoms with Gasteiger partial charge in [-0.25, -0.2) is 9.37 Å². The molecule has 0 aliphatic carbocycles. The number of thioether (sulfide) groups is 1. The highest BCUT2D eigenvalue weighted by Crippen LogP contribution is 2.31. The van der Waals surface area contributed by atoms with Gasteiger partial charge >= 0.3 is 0 Å². The van der Waals surface area contributed by atoms with Gasteiger partial charge in [0.2, 0.25) is 5.13 Å². The number of hydrogen-bond donors (Lipinski definition) is 1. The topological polar surface area (TPSA) is 50.7 Å². The molecule has 0 bridgehead atoms. The first-order chi connectivity index (χ1) is 11.9. The quantitative estimate of drug-likeness (QED) is 0.572. The van der Waals surface area contributed by atoms with E-state index in [2.05, 4.69) is 41.7 Å². The highest BCUT2D eigenvalue weighted by Gasteiger charge is 2.18. The Hall–Kier alpha value is -1.51. The summed E-state index contributed by atoms with van der Waals surface area (Å²) in [5.41, 5.74) is 2.17. The van der Waals surface area contributed by atoms with Crippen molar-refractivity contribution >= 4 is 39.6 Å². The lowest BCUT2D eigenvalue weighted by atomic mass is 9.98. The molecule has 0 fully saturated rings. The van der Waals surface area contributed by atoms with Crippen LogP contribution in [-0.2, 0) is 17.7 Å². The van der Waals surface area contributed by atoms with Crippen LogP contribution < -0.4 is 5.32 Å². The molecule has 3 aromatic rings. The summed E-state index contributed by atoms with van der Waals surface area (Å²) in [7, 11) is 0. The van der Waals surface area contributed by atoms with Gasteiger partial charge in [-0.2, -0.15) is 0 Å². The molecule has 0 saturated carbocycles. The van der Waals surface area contributed by atoms with E-state index in [1.165, 1.54) is 23.5 Å². The Morgan fingerprint density at radius 3 is 2.60 bits per heavy atom. The van der Waals surface area contributed by atoms with E-state index in [4.69, 9.17) is 4.98 Å². The van der Waals surface area contributed by atoms with Crippen LogP contribution in [-0.4, -0.2) is 15.2 Å². The Bertz CT molecular complexity index is 821. The van der Waals surface area contributed by atoms with E-state index in [0.717, 1.165) is 31.5 Å². The van der Waals surface area contributed by atoms with Gasteiger partial charge in [0.05, 0.1) is 10.7 Å². The first-order valence-electron chi connectivity index (χ1n) is 7.79. The van der Waals surface area contributed by atoms with E-state index in [0.29, 0.717) is 6.54 Å². The van der Waals surface area contributed by atoms with Crippen molar-refractivity contribution in [3.63, 3.8) is 0 Å². The zero-order valence-corrected chi connectivity index (χ0v) is 16.7. The number of thiazole rings is 1. The average Bonchev–Trinajstić information content (AvgIpc) is 3.21. The average molecular weight is 395 g/mol. The van der Waals surface area contributed by atoms with Crippen molar-refractivity contribution in [2.75, 3.05) is 5.32 Å². The number of hydrogen-bond acceptors (Lipinski definition) is 7. The predicted molar refractivity (Wildman–Crippen MR) is 104 cm³/mol. The molecular formula is C17H19FN4S3. The summed E-state index contributed by atoms with van der Waals surface area (Å²) in [5, 5.41) is 15.6. The third-order valence-electron chi connectivity index (χ3n) is 3.30. The number of aromatic nitrogens is 3. The van der Waals surface area contributed by atoms with Crippen LogP contribution in [0.4, 0.5) is 9.52 Å². The number of nitrogens with zero attached hydrogens (tertiary/aromatic N) is 3. The van der Waals surface area contributed by atoms with E-state index < -0.39 is 0 Å². The molecular weight excluding hydrogens is 375 g/mol. The molecule has 0 unspecified atom stereocenters. The second kappa shape index (κ2) is 7.80. The van der Waals surface area contributed by atoms with Crippen molar-refractivity contribution in [3.8, 4) is 0 Å². The fraction of sp³-hybridized carbons (Fsp3) is 0.353. The van der Waals surface area contributed by atoms with Gasteiger partial charge in [0.25, 0.3) is 0 Å². The second-order valence-electron chi connectivity index (χ2n) is 6.54. The predicted octanol–water partition coefficient (Wildman–Crippen LogP) is 5.34. The number of rotatable bonds is 6. The number of benzene rings is 1. The molecule has 8 heteroatoms. The molecule has 2 heterocycles. The van der Waals surface area contributed by atoms with E-state index >= 15 is 0 Å². The standard InChI is InChI=1S/C17H19FN4S3/c1-17(2,3)14-20-13(9-23-14)10-24-16-22-21-15(25-16)19-8-11-4-6-12(18)7-5-11/h4-7,9H,8,10H2,1-3H3,(H,19,21). The van der Waals surface area contributed by atoms with Crippen LogP contribution in [0, 0.1) is 5.82 Å². The van der Waals surface area contributed by atoms with Gasteiger partial charge in [0.1, 0.15) is 5.82 Å². The molecule has 2 aromatic heterocycles. The first kappa shape index (κ1) is 18.3. The minimum atomic E-state index is -0.227. The highest BCUT2D eigenvalue weighted by molar-refractivity contribution is 8.00. The van der Waals surface area contributed by atoms with Crippen LogP contribution in [0.2, 0.25) is 0 Å². The van der Waals surface area contributed by atoms with Crippen LogP contribution in [0.25, 0.3) is 0 Å². The second-order valence-corrected chi connectivity index (χ2v) is 9.59.